The lowest BCUT2D eigenvalue weighted by atomic mass is 9.83. The predicted octanol–water partition coefficient (Wildman–Crippen LogP) is 3.12. The zero-order chi connectivity index (χ0) is 21.7. The molecule has 1 aliphatic rings. The van der Waals surface area contributed by atoms with Crippen molar-refractivity contribution in [3.8, 4) is 0 Å². The van der Waals surface area contributed by atoms with Gasteiger partial charge in [0.15, 0.2) is 0 Å². The highest BCUT2D eigenvalue weighted by Gasteiger charge is 2.26. The van der Waals surface area contributed by atoms with E-state index in [2.05, 4.69) is 10.8 Å². The number of hydrogen-bond donors (Lipinski definition) is 3. The third-order valence-electron chi connectivity index (χ3n) is 5.38. The Morgan fingerprint density at radius 2 is 1.90 bits per heavy atom. The van der Waals surface area contributed by atoms with Crippen molar-refractivity contribution in [2.45, 2.75) is 55.9 Å². The summed E-state index contributed by atoms with van der Waals surface area (Å²) in [6.07, 6.45) is 3.73. The summed E-state index contributed by atoms with van der Waals surface area (Å²) >= 11 is 5.85. The van der Waals surface area contributed by atoms with Crippen LogP contribution in [0.1, 0.15) is 41.5 Å². The van der Waals surface area contributed by atoms with Crippen LogP contribution in [0, 0.1) is 0 Å². The van der Waals surface area contributed by atoms with E-state index >= 15 is 0 Å². The Balaban J connectivity index is 1.81. The van der Waals surface area contributed by atoms with Gasteiger partial charge in [-0.3, -0.25) is 4.79 Å². The maximum absolute atomic E-state index is 12.7. The minimum absolute atomic E-state index is 0.0581. The van der Waals surface area contributed by atoms with E-state index in [1.54, 1.807) is 12.1 Å². The molecule has 3 rings (SSSR count). The van der Waals surface area contributed by atoms with Crippen LogP contribution in [0.15, 0.2) is 41.3 Å². The molecule has 6 nitrogen and oxygen atoms in total. The highest BCUT2D eigenvalue weighted by atomic mass is 35.5. The summed E-state index contributed by atoms with van der Waals surface area (Å²) in [6.45, 7) is 0.0884. The van der Waals surface area contributed by atoms with E-state index < -0.39 is 16.0 Å². The smallest absolute Gasteiger partial charge is 0.303 e. The van der Waals surface area contributed by atoms with Gasteiger partial charge in [0.1, 0.15) is 0 Å². The Hall–Kier alpha value is -1.93. The summed E-state index contributed by atoms with van der Waals surface area (Å²) in [7, 11) is -3.65. The lowest BCUT2D eigenvalue weighted by Crippen LogP contribution is -2.39. The second-order valence-electron chi connectivity index (χ2n) is 7.63. The molecule has 0 spiro atoms. The maximum Gasteiger partial charge on any atom is 0.303 e. The van der Waals surface area contributed by atoms with Gasteiger partial charge in [0.25, 0.3) is 0 Å². The number of rotatable bonds is 9. The van der Waals surface area contributed by atoms with Crippen molar-refractivity contribution in [2.24, 2.45) is 0 Å². The van der Waals surface area contributed by atoms with Gasteiger partial charge in [-0.1, -0.05) is 23.7 Å². The average Bonchev–Trinajstić information content (AvgIpc) is 2.70. The number of benzene rings is 2. The van der Waals surface area contributed by atoms with Crippen molar-refractivity contribution in [1.82, 2.24) is 4.72 Å². The van der Waals surface area contributed by atoms with Crippen LogP contribution in [0.5, 0.6) is 0 Å². The van der Waals surface area contributed by atoms with Gasteiger partial charge < -0.3 is 10.2 Å². The molecule has 1 atom stereocenters. The van der Waals surface area contributed by atoms with E-state index in [0.29, 0.717) is 43.5 Å². The molecule has 2 aromatic rings. The molecule has 30 heavy (non-hydrogen) atoms. The van der Waals surface area contributed by atoms with Gasteiger partial charge in [0.2, 0.25) is 10.0 Å². The minimum atomic E-state index is -3.65. The molecule has 2 aromatic carbocycles. The zero-order valence-corrected chi connectivity index (χ0v) is 18.2. The third-order valence-corrected chi connectivity index (χ3v) is 7.17. The summed E-state index contributed by atoms with van der Waals surface area (Å²) in [5.74, 6) is -0.839. The first-order chi connectivity index (χ1) is 14.3. The van der Waals surface area contributed by atoms with Crippen molar-refractivity contribution in [3.05, 3.63) is 63.7 Å². The van der Waals surface area contributed by atoms with Gasteiger partial charge in [-0.2, -0.15) is 0 Å². The molecule has 0 heterocycles. The van der Waals surface area contributed by atoms with Crippen LogP contribution in [0.4, 0.5) is 0 Å². The molecule has 0 amide bonds. The highest BCUT2D eigenvalue weighted by molar-refractivity contribution is 7.89. The summed E-state index contributed by atoms with van der Waals surface area (Å²) in [6, 6.07) is 9.94. The maximum atomic E-state index is 12.7. The minimum Gasteiger partial charge on any atom is -0.481 e. The van der Waals surface area contributed by atoms with Gasteiger partial charge in [-0.15, -0.1) is 0 Å². The molecule has 1 aliphatic carbocycles. The number of aliphatic hydroxyl groups is 1. The molecule has 8 heteroatoms. The number of halogens is 1. The number of carbonyl (C=O) groups is 1. The number of fused-ring (bicyclic) bond motifs is 1. The molecule has 0 aromatic heterocycles. The first-order valence-electron chi connectivity index (χ1n) is 10.0. The second kappa shape index (κ2) is 9.92. The van der Waals surface area contributed by atoms with Crippen LogP contribution in [0.3, 0.4) is 0 Å². The largest absolute Gasteiger partial charge is 0.481 e. The molecule has 0 radical (unpaired) electrons. The van der Waals surface area contributed by atoms with Gasteiger partial charge in [0, 0.05) is 24.1 Å². The Morgan fingerprint density at radius 1 is 1.17 bits per heavy atom. The van der Waals surface area contributed by atoms with Gasteiger partial charge in [-0.25, -0.2) is 13.1 Å². The Bertz CT molecular complexity index is 1000. The van der Waals surface area contributed by atoms with E-state index in [0.717, 1.165) is 22.3 Å². The molecule has 162 valence electrons. The lowest BCUT2D eigenvalue weighted by Gasteiger charge is -2.28. The van der Waals surface area contributed by atoms with Crippen molar-refractivity contribution in [2.75, 3.05) is 6.61 Å². The molecular formula is C22H26ClNO5S. The summed E-state index contributed by atoms with van der Waals surface area (Å²) < 4.78 is 28.3. The zero-order valence-electron chi connectivity index (χ0n) is 16.6. The number of aliphatic carboxylic acids is 1. The van der Waals surface area contributed by atoms with E-state index in [1.807, 2.05) is 6.07 Å². The molecule has 0 bridgehead atoms. The molecular weight excluding hydrogens is 426 g/mol. The van der Waals surface area contributed by atoms with Crippen molar-refractivity contribution < 1.29 is 23.4 Å². The van der Waals surface area contributed by atoms with Crippen LogP contribution in [-0.2, 0) is 40.5 Å². The van der Waals surface area contributed by atoms with Crippen LogP contribution >= 0.6 is 11.6 Å². The average molecular weight is 452 g/mol. The predicted molar refractivity (Wildman–Crippen MR) is 115 cm³/mol. The van der Waals surface area contributed by atoms with E-state index in [4.69, 9.17) is 21.8 Å². The number of nitrogens with one attached hydrogen (secondary N) is 1. The lowest BCUT2D eigenvalue weighted by molar-refractivity contribution is -0.136. The van der Waals surface area contributed by atoms with Gasteiger partial charge in [0.05, 0.1) is 4.90 Å². The number of sulfonamides is 1. The molecule has 1 unspecified atom stereocenters. The quantitative estimate of drug-likeness (QED) is 0.543. The first-order valence-corrected chi connectivity index (χ1v) is 11.9. The SMILES string of the molecule is O=C(O)CCc1cc(CCCO)cc2c1CCC(NS(=O)(=O)c1ccc(Cl)cc1)C2. The Labute approximate surface area is 181 Å². The molecule has 0 fully saturated rings. The van der Waals surface area contributed by atoms with Gasteiger partial charge in [-0.05, 0) is 85.0 Å². The van der Waals surface area contributed by atoms with Crippen LogP contribution < -0.4 is 4.72 Å². The summed E-state index contributed by atoms with van der Waals surface area (Å²) in [4.78, 5) is 11.2. The third kappa shape index (κ3) is 5.82. The topological polar surface area (TPSA) is 104 Å². The molecule has 3 N–H and O–H groups in total. The number of carboxylic acids is 1. The number of aryl methyl sites for hydroxylation is 2. The van der Waals surface area contributed by atoms with Crippen LogP contribution in [0.25, 0.3) is 0 Å². The highest BCUT2D eigenvalue weighted by Crippen LogP contribution is 2.29. The fraction of sp³-hybridized carbons (Fsp3) is 0.409. The van der Waals surface area contributed by atoms with Crippen LogP contribution in [-0.4, -0.2) is 37.2 Å². The monoisotopic (exact) mass is 451 g/mol. The van der Waals surface area contributed by atoms with Crippen molar-refractivity contribution in [3.63, 3.8) is 0 Å². The fourth-order valence-electron chi connectivity index (χ4n) is 3.95. The van der Waals surface area contributed by atoms with Crippen molar-refractivity contribution >= 4 is 27.6 Å². The standard InChI is InChI=1S/C22H26ClNO5S/c23-18-4-7-20(8-5-18)30(28,29)24-19-6-9-21-16(3-10-22(26)27)12-15(2-1-11-25)13-17(21)14-19/h4-5,7-8,12-13,19,24-25H,1-3,6,9-11,14H2,(H,26,27). The summed E-state index contributed by atoms with van der Waals surface area (Å²) in [5.41, 5.74) is 4.25. The van der Waals surface area contributed by atoms with E-state index in [1.165, 1.54) is 12.1 Å². The number of aliphatic hydroxyl groups excluding tert-OH is 1. The number of carboxylic acid groups (broad SMARTS) is 1. The normalized spacial score (nSPS) is 16.3. The molecule has 0 saturated heterocycles. The Morgan fingerprint density at radius 3 is 2.57 bits per heavy atom. The second-order valence-corrected chi connectivity index (χ2v) is 9.78. The first kappa shape index (κ1) is 22.7. The van der Waals surface area contributed by atoms with Crippen LogP contribution in [0.2, 0.25) is 5.02 Å². The molecule has 0 aliphatic heterocycles. The van der Waals surface area contributed by atoms with Crippen molar-refractivity contribution in [1.29, 1.82) is 0 Å². The fourth-order valence-corrected chi connectivity index (χ4v) is 5.35. The Kier molecular flexibility index (Phi) is 7.52. The molecule has 0 saturated carbocycles. The summed E-state index contributed by atoms with van der Waals surface area (Å²) in [5, 5.41) is 18.7. The van der Waals surface area contributed by atoms with E-state index in [-0.39, 0.29) is 24.0 Å². The number of hydrogen-bond acceptors (Lipinski definition) is 4. The van der Waals surface area contributed by atoms with E-state index in [9.17, 15) is 13.2 Å². The van der Waals surface area contributed by atoms with Gasteiger partial charge >= 0.3 is 5.97 Å².